The molecule has 0 unspecified atom stereocenters. The van der Waals surface area contributed by atoms with Gasteiger partial charge in [-0.1, -0.05) is 18.2 Å². The van der Waals surface area contributed by atoms with E-state index in [1.165, 1.54) is 0 Å². The molecule has 0 N–H and O–H groups in total. The van der Waals surface area contributed by atoms with E-state index >= 15 is 0 Å². The van der Waals surface area contributed by atoms with Gasteiger partial charge in [0.15, 0.2) is 0 Å². The number of aromatic nitrogens is 1. The van der Waals surface area contributed by atoms with Crippen molar-refractivity contribution in [1.29, 1.82) is 0 Å². The quantitative estimate of drug-likeness (QED) is 0.752. The minimum atomic E-state index is -0.936. The first-order valence-electron chi connectivity index (χ1n) is 4.61. The minimum absolute atomic E-state index is 0.936. The van der Waals surface area contributed by atoms with E-state index in [-0.39, 0.29) is 0 Å². The predicted molar refractivity (Wildman–Crippen MR) is 67.0 cm³/mol. The molecule has 0 saturated carbocycles. The summed E-state index contributed by atoms with van der Waals surface area (Å²) in [5.41, 5.74) is 1.15. The molecule has 15 heavy (non-hydrogen) atoms. The molecule has 4 heteroatoms. The average molecular weight is 239 g/mol. The summed E-state index contributed by atoms with van der Waals surface area (Å²) in [5.74, 6) is 0. The van der Waals surface area contributed by atoms with Crippen molar-refractivity contribution in [2.24, 2.45) is 7.05 Å². The standard InChI is InChI=1S/C11H13NOS2/c1-12-9-7-5-4-6-8(9)10(15(3)13)11(12)14-2/h4-7H,1-3H3/t15-/m0/s1. The molecule has 0 amide bonds. The molecule has 2 aromatic rings. The van der Waals surface area contributed by atoms with Crippen LogP contribution in [-0.4, -0.2) is 21.3 Å². The Morgan fingerprint density at radius 2 is 2.00 bits per heavy atom. The van der Waals surface area contributed by atoms with Crippen molar-refractivity contribution in [3.05, 3.63) is 24.3 Å². The number of hydrogen-bond acceptors (Lipinski definition) is 2. The van der Waals surface area contributed by atoms with E-state index in [9.17, 15) is 4.21 Å². The van der Waals surface area contributed by atoms with Crippen LogP contribution >= 0.6 is 11.8 Å². The van der Waals surface area contributed by atoms with Gasteiger partial charge in [-0.25, -0.2) is 0 Å². The molecule has 0 saturated heterocycles. The van der Waals surface area contributed by atoms with E-state index in [1.807, 2.05) is 31.5 Å². The first-order chi connectivity index (χ1) is 7.16. The van der Waals surface area contributed by atoms with Crippen LogP contribution in [0.25, 0.3) is 10.9 Å². The van der Waals surface area contributed by atoms with Gasteiger partial charge >= 0.3 is 0 Å². The number of aryl methyl sites for hydroxylation is 1. The van der Waals surface area contributed by atoms with E-state index in [0.717, 1.165) is 20.8 Å². The van der Waals surface area contributed by atoms with Gasteiger partial charge in [0.1, 0.15) is 0 Å². The second-order valence-corrected chi connectivity index (χ2v) is 5.48. The molecular weight excluding hydrogens is 226 g/mol. The van der Waals surface area contributed by atoms with Gasteiger partial charge in [-0.3, -0.25) is 4.21 Å². The summed E-state index contributed by atoms with van der Waals surface area (Å²) >= 11 is 1.65. The van der Waals surface area contributed by atoms with Gasteiger partial charge in [-0.05, 0) is 12.3 Å². The topological polar surface area (TPSA) is 22.0 Å². The second-order valence-electron chi connectivity index (χ2n) is 3.37. The molecule has 0 aliphatic rings. The molecule has 1 heterocycles. The molecule has 1 atom stereocenters. The van der Waals surface area contributed by atoms with E-state index in [0.29, 0.717) is 0 Å². The summed E-state index contributed by atoms with van der Waals surface area (Å²) in [7, 11) is 1.08. The fraction of sp³-hybridized carbons (Fsp3) is 0.273. The maximum atomic E-state index is 11.7. The molecule has 0 fully saturated rings. The Hall–Kier alpha value is -0.740. The number of hydrogen-bond donors (Lipinski definition) is 0. The van der Waals surface area contributed by atoms with Crippen LogP contribution in [0.3, 0.4) is 0 Å². The lowest BCUT2D eigenvalue weighted by atomic mass is 10.2. The first-order valence-corrected chi connectivity index (χ1v) is 7.40. The van der Waals surface area contributed by atoms with Crippen molar-refractivity contribution >= 4 is 33.5 Å². The summed E-state index contributed by atoms with van der Waals surface area (Å²) in [6, 6.07) is 8.09. The SMILES string of the molecule is CSc1c([S@](C)=O)c2ccccc2n1C. The highest BCUT2D eigenvalue weighted by atomic mass is 32.2. The molecular formula is C11H13NOS2. The van der Waals surface area contributed by atoms with Crippen molar-refractivity contribution in [3.8, 4) is 0 Å². The molecule has 2 rings (SSSR count). The third-order valence-electron chi connectivity index (χ3n) is 2.49. The smallest absolute Gasteiger partial charge is 0.0918 e. The predicted octanol–water partition coefficient (Wildman–Crippen LogP) is 2.64. The van der Waals surface area contributed by atoms with Gasteiger partial charge in [0, 0.05) is 24.2 Å². The minimum Gasteiger partial charge on any atom is -0.338 e. The number of nitrogens with zero attached hydrogens (tertiary/aromatic N) is 1. The molecule has 0 aliphatic carbocycles. The third-order valence-corrected chi connectivity index (χ3v) is 4.47. The zero-order chi connectivity index (χ0) is 11.0. The van der Waals surface area contributed by atoms with Crippen LogP contribution in [0.5, 0.6) is 0 Å². The summed E-state index contributed by atoms with van der Waals surface area (Å²) in [6.45, 7) is 0. The Labute approximate surface area is 96.1 Å². The molecule has 80 valence electrons. The van der Waals surface area contributed by atoms with Crippen molar-refractivity contribution in [1.82, 2.24) is 4.57 Å². The fourth-order valence-electron chi connectivity index (χ4n) is 1.84. The summed E-state index contributed by atoms with van der Waals surface area (Å²) in [5, 5.41) is 2.20. The number of thioether (sulfide) groups is 1. The lowest BCUT2D eigenvalue weighted by Crippen LogP contribution is -1.92. The van der Waals surface area contributed by atoms with Gasteiger partial charge in [-0.15, -0.1) is 11.8 Å². The molecule has 1 aromatic heterocycles. The largest absolute Gasteiger partial charge is 0.338 e. The first kappa shape index (κ1) is 10.8. The zero-order valence-corrected chi connectivity index (χ0v) is 10.6. The average Bonchev–Trinajstić information content (AvgIpc) is 2.52. The molecule has 0 radical (unpaired) electrons. The second kappa shape index (κ2) is 4.02. The monoisotopic (exact) mass is 239 g/mol. The van der Waals surface area contributed by atoms with Crippen LogP contribution in [0.15, 0.2) is 34.2 Å². The highest BCUT2D eigenvalue weighted by Crippen LogP contribution is 2.33. The summed E-state index contributed by atoms with van der Waals surface area (Å²) < 4.78 is 13.8. The van der Waals surface area contributed by atoms with Gasteiger partial charge in [0.25, 0.3) is 0 Å². The Morgan fingerprint density at radius 3 is 2.60 bits per heavy atom. The maximum absolute atomic E-state index is 11.7. The van der Waals surface area contributed by atoms with Crippen LogP contribution in [-0.2, 0) is 17.8 Å². The van der Waals surface area contributed by atoms with Crippen molar-refractivity contribution in [3.63, 3.8) is 0 Å². The van der Waals surface area contributed by atoms with E-state index in [1.54, 1.807) is 18.0 Å². The van der Waals surface area contributed by atoms with E-state index < -0.39 is 10.8 Å². The number of para-hydroxylation sites is 1. The van der Waals surface area contributed by atoms with Gasteiger partial charge < -0.3 is 4.57 Å². The van der Waals surface area contributed by atoms with Gasteiger partial charge in [0.2, 0.25) is 0 Å². The number of fused-ring (bicyclic) bond motifs is 1. The van der Waals surface area contributed by atoms with Gasteiger partial charge in [0.05, 0.1) is 20.7 Å². The van der Waals surface area contributed by atoms with Crippen molar-refractivity contribution in [2.75, 3.05) is 12.5 Å². The van der Waals surface area contributed by atoms with Crippen molar-refractivity contribution in [2.45, 2.75) is 9.92 Å². The molecule has 1 aromatic carbocycles. The molecule has 0 bridgehead atoms. The Kier molecular flexibility index (Phi) is 2.89. The molecule has 2 nitrogen and oxygen atoms in total. The van der Waals surface area contributed by atoms with Crippen LogP contribution in [0.2, 0.25) is 0 Å². The number of rotatable bonds is 2. The summed E-state index contributed by atoms with van der Waals surface area (Å²) in [6.07, 6.45) is 3.76. The molecule has 0 aliphatic heterocycles. The highest BCUT2D eigenvalue weighted by molar-refractivity contribution is 7.99. The van der Waals surface area contributed by atoms with Crippen LogP contribution in [0, 0.1) is 0 Å². The van der Waals surface area contributed by atoms with Crippen LogP contribution in [0.4, 0.5) is 0 Å². The lowest BCUT2D eigenvalue weighted by Gasteiger charge is -2.01. The Bertz CT molecular complexity index is 531. The van der Waals surface area contributed by atoms with Crippen LogP contribution < -0.4 is 0 Å². The van der Waals surface area contributed by atoms with E-state index in [2.05, 4.69) is 10.6 Å². The lowest BCUT2D eigenvalue weighted by molar-refractivity contribution is 0.684. The third kappa shape index (κ3) is 1.62. The Balaban J connectivity index is 2.91. The van der Waals surface area contributed by atoms with E-state index in [4.69, 9.17) is 0 Å². The highest BCUT2D eigenvalue weighted by Gasteiger charge is 2.16. The normalized spacial score (nSPS) is 13.3. The fourth-order valence-corrected chi connectivity index (χ4v) is 3.98. The van der Waals surface area contributed by atoms with Crippen molar-refractivity contribution < 1.29 is 4.21 Å². The zero-order valence-electron chi connectivity index (χ0n) is 8.98. The van der Waals surface area contributed by atoms with Crippen LogP contribution in [0.1, 0.15) is 0 Å². The number of benzene rings is 1. The summed E-state index contributed by atoms with van der Waals surface area (Å²) in [4.78, 5) is 0.959. The maximum Gasteiger partial charge on any atom is 0.0918 e. The Morgan fingerprint density at radius 1 is 1.33 bits per heavy atom. The molecule has 0 spiro atoms. The van der Waals surface area contributed by atoms with Gasteiger partial charge in [-0.2, -0.15) is 0 Å².